The molecule has 63 heavy (non-hydrogen) atoms. The molecule has 3 unspecified atom stereocenters. The van der Waals surface area contributed by atoms with Crippen molar-refractivity contribution in [1.29, 1.82) is 0 Å². The lowest BCUT2D eigenvalue weighted by Crippen LogP contribution is -2.55. The van der Waals surface area contributed by atoms with Crippen LogP contribution in [0.15, 0.2) is 78.9 Å². The number of ether oxygens (including phenoxy) is 1. The van der Waals surface area contributed by atoms with Crippen molar-refractivity contribution in [1.82, 2.24) is 26.6 Å². The van der Waals surface area contributed by atoms with Crippen molar-refractivity contribution < 1.29 is 38.3 Å². The molecule has 13 heteroatoms. The predicted octanol–water partition coefficient (Wildman–Crippen LogP) is 7.75. The number of hydrogen-bond acceptors (Lipinski definition) is 8. The third kappa shape index (κ3) is 26.5. The number of hydrogen-bond donors (Lipinski definition) is 5. The summed E-state index contributed by atoms with van der Waals surface area (Å²) in [7, 11) is 0. The Morgan fingerprint density at radius 3 is 1.73 bits per heavy atom. The largest absolute Gasteiger partial charge is 0.458 e. The van der Waals surface area contributed by atoms with Gasteiger partial charge in [-0.15, -0.1) is 0 Å². The Hall–Kier alpha value is -5.59. The molecule has 1 aliphatic carbocycles. The van der Waals surface area contributed by atoms with E-state index in [1.54, 1.807) is 58.0 Å². The molecule has 0 bridgehead atoms. The van der Waals surface area contributed by atoms with Crippen molar-refractivity contribution in [2.45, 2.75) is 162 Å². The molecular weight excluding hydrogens is 799 g/mol. The maximum absolute atomic E-state index is 13.3. The molecule has 13 nitrogen and oxygen atoms in total. The number of benzene rings is 2. The summed E-state index contributed by atoms with van der Waals surface area (Å²) in [6.45, 7) is 11.8. The van der Waals surface area contributed by atoms with Crippen LogP contribution in [0.4, 0.5) is 0 Å². The Morgan fingerprint density at radius 2 is 1.19 bits per heavy atom. The van der Waals surface area contributed by atoms with Crippen LogP contribution in [0.5, 0.6) is 0 Å². The number of carbonyl (C=O) groups is 7. The molecule has 1 saturated carbocycles. The van der Waals surface area contributed by atoms with Gasteiger partial charge in [0.25, 0.3) is 5.91 Å². The maximum atomic E-state index is 13.3. The number of unbranched alkanes of at least 4 members (excludes halogenated alkanes) is 1. The van der Waals surface area contributed by atoms with Crippen LogP contribution in [0.25, 0.3) is 6.08 Å². The van der Waals surface area contributed by atoms with E-state index in [0.29, 0.717) is 24.8 Å². The first-order chi connectivity index (χ1) is 30.1. The van der Waals surface area contributed by atoms with Crippen molar-refractivity contribution in [3.8, 4) is 0 Å². The van der Waals surface area contributed by atoms with Gasteiger partial charge in [0.2, 0.25) is 29.4 Å². The molecule has 3 atom stereocenters. The molecule has 0 aliphatic heterocycles. The topological polar surface area (TPSA) is 189 Å². The standard InChI is InChI=1S/C35H53N5O8.C9H10.C6H12/c1-7-10-11-12-16-21-26(38-28(42)22-36-27(41)18-9-3)32(45)39-25(17-8-2)31(44)33(46)37-23-29(43)40-30(24-19-14-13-15-20-24)34(47)48-35(4,5)6;1-2-6-9-7-4-3-5-8-9;1-2-4-6-5-3-1/h11-15,19-20,25-26,30H,7-10,16-18,21-23H2,1-6H3,(H,36,41)(H,37,46)(H,38,42)(H,39,45)(H,40,43);2-8H,1H3;1-6H2/b12-11+;6-2-;. The first kappa shape index (κ1) is 55.4. The van der Waals surface area contributed by atoms with Gasteiger partial charge in [0.1, 0.15) is 11.6 Å². The molecule has 5 amide bonds. The summed E-state index contributed by atoms with van der Waals surface area (Å²) in [5.74, 6) is -5.02. The molecule has 0 heterocycles. The van der Waals surface area contributed by atoms with Crippen molar-refractivity contribution in [2.24, 2.45) is 0 Å². The lowest BCUT2D eigenvalue weighted by atomic mass is 10.0. The number of allylic oxidation sites excluding steroid dienone is 3. The Kier molecular flexibility index (Phi) is 29.1. The van der Waals surface area contributed by atoms with E-state index in [9.17, 15) is 33.6 Å². The molecule has 348 valence electrons. The number of nitrogens with one attached hydrogen (secondary N) is 5. The highest BCUT2D eigenvalue weighted by atomic mass is 16.6. The normalized spacial score (nSPS) is 13.7. The van der Waals surface area contributed by atoms with Gasteiger partial charge in [-0.05, 0) is 70.9 Å². The molecule has 2 aromatic rings. The zero-order valence-electron chi connectivity index (χ0n) is 38.9. The number of carbonyl (C=O) groups excluding carboxylic acids is 7. The van der Waals surface area contributed by atoms with Gasteiger partial charge in [-0.25, -0.2) is 4.79 Å². The smallest absolute Gasteiger partial charge is 0.333 e. The van der Waals surface area contributed by atoms with E-state index in [1.807, 2.05) is 57.2 Å². The zero-order chi connectivity index (χ0) is 46.9. The average Bonchev–Trinajstić information content (AvgIpc) is 3.27. The van der Waals surface area contributed by atoms with Crippen LogP contribution in [0.3, 0.4) is 0 Å². The molecule has 0 radical (unpaired) electrons. The number of esters is 1. The van der Waals surface area contributed by atoms with Crippen LogP contribution >= 0.6 is 0 Å². The Morgan fingerprint density at radius 1 is 0.635 bits per heavy atom. The highest BCUT2D eigenvalue weighted by Crippen LogP contribution is 2.19. The van der Waals surface area contributed by atoms with E-state index in [4.69, 9.17) is 4.74 Å². The fourth-order valence-corrected chi connectivity index (χ4v) is 6.22. The Bertz CT molecular complexity index is 1710. The van der Waals surface area contributed by atoms with Crippen molar-refractivity contribution in [3.05, 3.63) is 90.0 Å². The van der Waals surface area contributed by atoms with Gasteiger partial charge in [-0.1, -0.05) is 157 Å². The first-order valence-corrected chi connectivity index (χ1v) is 22.7. The second-order valence-corrected chi connectivity index (χ2v) is 16.4. The third-order valence-electron chi connectivity index (χ3n) is 9.40. The highest BCUT2D eigenvalue weighted by Gasteiger charge is 2.31. The lowest BCUT2D eigenvalue weighted by Gasteiger charge is -2.25. The summed E-state index contributed by atoms with van der Waals surface area (Å²) in [5, 5.41) is 12.5. The molecule has 0 spiro atoms. The van der Waals surface area contributed by atoms with Gasteiger partial charge in [-0.3, -0.25) is 28.8 Å². The third-order valence-corrected chi connectivity index (χ3v) is 9.40. The quantitative estimate of drug-likeness (QED) is 0.0451. The van der Waals surface area contributed by atoms with Crippen LogP contribution < -0.4 is 26.6 Å². The van der Waals surface area contributed by atoms with Crippen molar-refractivity contribution in [2.75, 3.05) is 13.1 Å². The molecule has 1 fully saturated rings. The van der Waals surface area contributed by atoms with E-state index in [1.165, 1.54) is 44.1 Å². The summed E-state index contributed by atoms with van der Waals surface area (Å²) in [6, 6.07) is 15.3. The average molecular weight is 874 g/mol. The summed E-state index contributed by atoms with van der Waals surface area (Å²) < 4.78 is 5.45. The summed E-state index contributed by atoms with van der Waals surface area (Å²) >= 11 is 0. The van der Waals surface area contributed by atoms with Crippen molar-refractivity contribution >= 4 is 47.4 Å². The fraction of sp³-hybridized carbons (Fsp3) is 0.540. The fourth-order valence-electron chi connectivity index (χ4n) is 6.22. The lowest BCUT2D eigenvalue weighted by molar-refractivity contribution is -0.158. The number of Topliss-reactive ketones (excluding diaryl/α,β-unsaturated/α-hetero) is 1. The van der Waals surface area contributed by atoms with Gasteiger partial charge in [0.15, 0.2) is 6.04 Å². The zero-order valence-corrected chi connectivity index (χ0v) is 38.9. The number of rotatable bonds is 22. The summed E-state index contributed by atoms with van der Waals surface area (Å²) in [4.78, 5) is 89.3. The molecule has 0 saturated heterocycles. The van der Waals surface area contributed by atoms with Crippen molar-refractivity contribution in [3.63, 3.8) is 0 Å². The van der Waals surface area contributed by atoms with Gasteiger partial charge in [-0.2, -0.15) is 0 Å². The van der Waals surface area contributed by atoms with Crippen LogP contribution in [-0.4, -0.2) is 72.1 Å². The van der Waals surface area contributed by atoms with Gasteiger partial charge >= 0.3 is 5.97 Å². The monoisotopic (exact) mass is 874 g/mol. The molecule has 1 aliphatic rings. The van der Waals surface area contributed by atoms with Gasteiger partial charge in [0, 0.05) is 6.42 Å². The minimum Gasteiger partial charge on any atom is -0.458 e. The molecule has 2 aromatic carbocycles. The Labute approximate surface area is 376 Å². The number of ketones is 1. The molecular formula is C50H75N5O8. The van der Waals surface area contributed by atoms with E-state index in [0.717, 1.165) is 12.8 Å². The van der Waals surface area contributed by atoms with Crippen LogP contribution in [0.1, 0.15) is 156 Å². The SMILES string of the molecule is C/C=C\c1ccccc1.C1CCCCC1.CCC/C=C/CCC(NC(=O)CNC(=O)CCC)C(=O)NC(CCC)C(=O)C(=O)NCC(=O)NC(C(=O)OC(C)(C)C)c1ccccc1. The second-order valence-electron chi connectivity index (χ2n) is 16.4. The van der Waals surface area contributed by atoms with Crippen LogP contribution in [0, 0.1) is 0 Å². The summed E-state index contributed by atoms with van der Waals surface area (Å²) in [5.41, 5.74) is 0.922. The van der Waals surface area contributed by atoms with Gasteiger partial charge < -0.3 is 31.3 Å². The molecule has 0 aromatic heterocycles. The maximum Gasteiger partial charge on any atom is 0.333 e. The first-order valence-electron chi connectivity index (χ1n) is 22.7. The summed E-state index contributed by atoms with van der Waals surface area (Å²) in [6.07, 6.45) is 21.0. The minimum atomic E-state index is -1.22. The highest BCUT2D eigenvalue weighted by molar-refractivity contribution is 6.38. The van der Waals surface area contributed by atoms with Gasteiger partial charge in [0.05, 0.1) is 19.1 Å². The van der Waals surface area contributed by atoms with E-state index in [2.05, 4.69) is 44.8 Å². The predicted molar refractivity (Wildman–Crippen MR) is 250 cm³/mol. The molecule has 3 rings (SSSR count). The molecule has 5 N–H and O–H groups in total. The van der Waals surface area contributed by atoms with E-state index in [-0.39, 0.29) is 31.7 Å². The van der Waals surface area contributed by atoms with Crippen LogP contribution in [0.2, 0.25) is 0 Å². The minimum absolute atomic E-state index is 0.128. The Balaban J connectivity index is 0.00000109. The van der Waals surface area contributed by atoms with Crippen LogP contribution in [-0.2, 0) is 38.3 Å². The van der Waals surface area contributed by atoms with E-state index >= 15 is 0 Å². The number of amides is 5. The van der Waals surface area contributed by atoms with E-state index < -0.39 is 65.7 Å². The second kappa shape index (κ2) is 33.0.